The summed E-state index contributed by atoms with van der Waals surface area (Å²) in [6.45, 7) is 11.2. The molecular weight excluding hydrogens is 360 g/mol. The number of hydrogen-bond donors (Lipinski definition) is 0. The molecule has 0 radical (unpaired) electrons. The highest BCUT2D eigenvalue weighted by Crippen LogP contribution is 2.43. The zero-order valence-corrected chi connectivity index (χ0v) is 17.2. The topological polar surface area (TPSA) is 76.9 Å². The van der Waals surface area contributed by atoms with Crippen LogP contribution in [0.15, 0.2) is 6.07 Å². The number of hydrogen-bond acceptors (Lipinski definition) is 5. The van der Waals surface area contributed by atoms with E-state index in [1.165, 1.54) is 0 Å². The number of carbonyl (C=O) groups excluding carboxylic acids is 2. The lowest BCUT2D eigenvalue weighted by Crippen LogP contribution is -2.55. The number of rotatable bonds is 3. The van der Waals surface area contributed by atoms with Crippen molar-refractivity contribution < 1.29 is 19.1 Å². The number of likely N-dealkylation sites (tertiary alicyclic amines) is 1. The van der Waals surface area contributed by atoms with Gasteiger partial charge in [0.05, 0.1) is 36.5 Å². The van der Waals surface area contributed by atoms with Crippen LogP contribution in [0.1, 0.15) is 25.2 Å². The fourth-order valence-electron chi connectivity index (χ4n) is 4.95. The normalized spacial score (nSPS) is 32.6. The molecular formula is C20H30N4O4. The first-order valence-corrected chi connectivity index (χ1v) is 10.1. The monoisotopic (exact) mass is 390 g/mol. The van der Waals surface area contributed by atoms with Crippen LogP contribution < -0.4 is 0 Å². The predicted octanol–water partition coefficient (Wildman–Crippen LogP) is 0.611. The maximum Gasteiger partial charge on any atom is 0.244 e. The fourth-order valence-corrected chi connectivity index (χ4v) is 4.95. The van der Waals surface area contributed by atoms with Gasteiger partial charge in [0.1, 0.15) is 6.54 Å². The van der Waals surface area contributed by atoms with Crippen molar-refractivity contribution in [3.63, 3.8) is 0 Å². The van der Waals surface area contributed by atoms with Crippen molar-refractivity contribution in [3.05, 3.63) is 17.5 Å². The van der Waals surface area contributed by atoms with E-state index in [0.717, 1.165) is 11.4 Å². The third-order valence-electron chi connectivity index (χ3n) is 6.25. The van der Waals surface area contributed by atoms with Crippen LogP contribution in [0.5, 0.6) is 0 Å². The highest BCUT2D eigenvalue weighted by molar-refractivity contribution is 5.86. The molecule has 8 heteroatoms. The lowest BCUT2D eigenvalue weighted by atomic mass is 9.79. The maximum atomic E-state index is 13.5. The van der Waals surface area contributed by atoms with Gasteiger partial charge in [0.15, 0.2) is 0 Å². The molecule has 0 aromatic carbocycles. The quantitative estimate of drug-likeness (QED) is 0.756. The molecule has 154 valence electrons. The van der Waals surface area contributed by atoms with Gasteiger partial charge in [-0.3, -0.25) is 14.3 Å². The maximum absolute atomic E-state index is 13.5. The van der Waals surface area contributed by atoms with Crippen LogP contribution in [0.4, 0.5) is 0 Å². The van der Waals surface area contributed by atoms with Crippen LogP contribution in [0.3, 0.4) is 0 Å². The van der Waals surface area contributed by atoms with Gasteiger partial charge in [0.2, 0.25) is 11.8 Å². The molecule has 8 nitrogen and oxygen atoms in total. The average molecular weight is 390 g/mol. The zero-order valence-electron chi connectivity index (χ0n) is 17.2. The molecule has 0 spiro atoms. The van der Waals surface area contributed by atoms with E-state index < -0.39 is 5.41 Å². The predicted molar refractivity (Wildman–Crippen MR) is 102 cm³/mol. The molecule has 0 saturated carbocycles. The van der Waals surface area contributed by atoms with Crippen molar-refractivity contribution in [2.45, 2.75) is 46.4 Å². The van der Waals surface area contributed by atoms with Crippen LogP contribution in [-0.2, 0) is 25.6 Å². The molecule has 3 aliphatic rings. The van der Waals surface area contributed by atoms with Crippen LogP contribution in [0.2, 0.25) is 0 Å². The Hall–Kier alpha value is -1.93. The van der Waals surface area contributed by atoms with Crippen molar-refractivity contribution >= 4 is 11.8 Å². The minimum Gasteiger partial charge on any atom is -0.380 e. The number of ether oxygens (including phenoxy) is 2. The third-order valence-corrected chi connectivity index (χ3v) is 6.25. The Labute approximate surface area is 165 Å². The van der Waals surface area contributed by atoms with E-state index in [2.05, 4.69) is 5.10 Å². The number of aromatic nitrogens is 2. The molecule has 3 fully saturated rings. The molecule has 2 amide bonds. The van der Waals surface area contributed by atoms with Crippen molar-refractivity contribution in [2.24, 2.45) is 11.3 Å². The summed E-state index contributed by atoms with van der Waals surface area (Å²) in [4.78, 5) is 30.2. The van der Waals surface area contributed by atoms with E-state index in [4.69, 9.17) is 9.47 Å². The molecule has 4 rings (SSSR count). The van der Waals surface area contributed by atoms with Crippen molar-refractivity contribution in [1.29, 1.82) is 0 Å². The molecule has 1 aromatic heterocycles. The first-order chi connectivity index (χ1) is 13.3. The minimum absolute atomic E-state index is 0.0106. The lowest BCUT2D eigenvalue weighted by molar-refractivity contribution is -0.154. The number of carbonyl (C=O) groups is 2. The Morgan fingerprint density at radius 3 is 2.54 bits per heavy atom. The van der Waals surface area contributed by atoms with Gasteiger partial charge in [0, 0.05) is 37.8 Å². The first kappa shape index (κ1) is 19.4. The molecule has 4 atom stereocenters. The van der Waals surface area contributed by atoms with Gasteiger partial charge in [-0.25, -0.2) is 0 Å². The molecule has 28 heavy (non-hydrogen) atoms. The first-order valence-electron chi connectivity index (χ1n) is 10.1. The van der Waals surface area contributed by atoms with E-state index in [1.54, 1.807) is 4.68 Å². The van der Waals surface area contributed by atoms with Gasteiger partial charge in [-0.15, -0.1) is 0 Å². The second kappa shape index (κ2) is 7.15. The molecule has 1 aromatic rings. The van der Waals surface area contributed by atoms with Gasteiger partial charge in [0.25, 0.3) is 0 Å². The van der Waals surface area contributed by atoms with Gasteiger partial charge in [-0.2, -0.15) is 5.10 Å². The second-order valence-corrected chi connectivity index (χ2v) is 8.69. The highest BCUT2D eigenvalue weighted by atomic mass is 16.5. The summed E-state index contributed by atoms with van der Waals surface area (Å²) in [5.41, 5.74) is 1.25. The summed E-state index contributed by atoms with van der Waals surface area (Å²) in [5.74, 6) is 0.174. The molecule has 0 bridgehead atoms. The van der Waals surface area contributed by atoms with Crippen molar-refractivity contribution in [2.75, 3.05) is 39.4 Å². The van der Waals surface area contributed by atoms with Crippen LogP contribution in [0, 0.1) is 25.2 Å². The van der Waals surface area contributed by atoms with E-state index in [1.807, 2.05) is 43.6 Å². The Morgan fingerprint density at radius 2 is 1.89 bits per heavy atom. The number of fused-ring (bicyclic) bond motifs is 1. The Kier molecular flexibility index (Phi) is 4.95. The lowest BCUT2D eigenvalue weighted by Gasteiger charge is -2.40. The summed E-state index contributed by atoms with van der Waals surface area (Å²) in [6.07, 6.45) is 0.0464. The Balaban J connectivity index is 1.49. The molecule has 3 saturated heterocycles. The second-order valence-electron chi connectivity index (χ2n) is 8.69. The zero-order chi connectivity index (χ0) is 20.1. The fraction of sp³-hybridized carbons (Fsp3) is 0.750. The molecule has 0 aliphatic carbocycles. The van der Waals surface area contributed by atoms with Gasteiger partial charge >= 0.3 is 0 Å². The number of amides is 2. The highest BCUT2D eigenvalue weighted by Gasteiger charge is 2.58. The number of aryl methyl sites for hydroxylation is 2. The summed E-state index contributed by atoms with van der Waals surface area (Å²) in [7, 11) is 0. The molecule has 3 aliphatic heterocycles. The van der Waals surface area contributed by atoms with E-state index >= 15 is 0 Å². The molecule has 4 heterocycles. The third kappa shape index (κ3) is 3.33. The summed E-state index contributed by atoms with van der Waals surface area (Å²) >= 11 is 0. The van der Waals surface area contributed by atoms with E-state index in [9.17, 15) is 9.59 Å². The summed E-state index contributed by atoms with van der Waals surface area (Å²) in [6, 6.07) is 1.96. The average Bonchev–Trinajstić information content (AvgIpc) is 3.26. The summed E-state index contributed by atoms with van der Waals surface area (Å²) < 4.78 is 13.2. The van der Waals surface area contributed by atoms with Gasteiger partial charge in [-0.05, 0) is 33.8 Å². The van der Waals surface area contributed by atoms with Crippen LogP contribution in [0.25, 0.3) is 0 Å². The van der Waals surface area contributed by atoms with E-state index in [-0.39, 0.29) is 36.5 Å². The van der Waals surface area contributed by atoms with Gasteiger partial charge in [-0.1, -0.05) is 0 Å². The van der Waals surface area contributed by atoms with Gasteiger partial charge < -0.3 is 19.3 Å². The Morgan fingerprint density at radius 1 is 1.18 bits per heavy atom. The Bertz CT molecular complexity index is 768. The smallest absolute Gasteiger partial charge is 0.244 e. The molecule has 3 unspecified atom stereocenters. The molecule has 0 N–H and O–H groups in total. The number of nitrogens with zero attached hydrogens (tertiary/aromatic N) is 4. The largest absolute Gasteiger partial charge is 0.380 e. The number of morpholine rings is 1. The van der Waals surface area contributed by atoms with Crippen molar-refractivity contribution in [3.8, 4) is 0 Å². The van der Waals surface area contributed by atoms with Crippen LogP contribution >= 0.6 is 0 Å². The van der Waals surface area contributed by atoms with E-state index in [0.29, 0.717) is 39.4 Å². The standard InChI is InChI=1S/C20H30N4O4/c1-13-5-14(2)24(21-13)9-18(25)23-8-17-10-27-12-20(17,11-23)19(26)22-6-15(3)28-16(4)7-22/h5,15-17H,6-12H2,1-4H3/t15?,16?,17?,20-/m1/s1. The van der Waals surface area contributed by atoms with Crippen LogP contribution in [-0.4, -0.2) is 83.0 Å². The summed E-state index contributed by atoms with van der Waals surface area (Å²) in [5, 5.41) is 4.39. The van der Waals surface area contributed by atoms with Crippen molar-refractivity contribution in [1.82, 2.24) is 19.6 Å². The minimum atomic E-state index is -0.623. The SMILES string of the molecule is Cc1cc(C)n(CC(=O)N2CC3COC[C@]3(C(=O)N3CC(C)OC(C)C3)C2)n1.